The highest BCUT2D eigenvalue weighted by Crippen LogP contribution is 2.34. The summed E-state index contributed by atoms with van der Waals surface area (Å²) in [4.78, 5) is 19.6. The van der Waals surface area contributed by atoms with Crippen molar-refractivity contribution in [3.63, 3.8) is 0 Å². The van der Waals surface area contributed by atoms with Crippen LogP contribution >= 0.6 is 0 Å². The predicted octanol–water partition coefficient (Wildman–Crippen LogP) is 3.60. The van der Waals surface area contributed by atoms with Crippen molar-refractivity contribution in [3.05, 3.63) is 58.4 Å². The first-order chi connectivity index (χ1) is 15.8. The van der Waals surface area contributed by atoms with E-state index in [2.05, 4.69) is 25.6 Å². The molecule has 2 heterocycles. The summed E-state index contributed by atoms with van der Waals surface area (Å²) in [5.41, 5.74) is 5.39. The normalized spacial score (nSPS) is 19.4. The summed E-state index contributed by atoms with van der Waals surface area (Å²) in [5, 5.41) is 10.9. The van der Waals surface area contributed by atoms with Gasteiger partial charge in [-0.1, -0.05) is 12.8 Å². The van der Waals surface area contributed by atoms with E-state index in [9.17, 15) is 9.18 Å². The number of aliphatic imine (C=N–C) groups is 1. The Kier molecular flexibility index (Phi) is 6.54. The fourth-order valence-electron chi connectivity index (χ4n) is 4.97. The Morgan fingerprint density at radius 3 is 2.61 bits per heavy atom. The number of allylic oxidation sites excluding steroid dienone is 1. The first-order valence-electron chi connectivity index (χ1n) is 11.6. The molecule has 1 atom stereocenters. The lowest BCUT2D eigenvalue weighted by Crippen LogP contribution is -2.43. The number of halogens is 1. The zero-order valence-corrected chi connectivity index (χ0v) is 20.1. The average molecular weight is 453 g/mol. The molecular formula is C25H33FN6O. The number of amides is 1. The minimum Gasteiger partial charge on any atom is -0.367 e. The van der Waals surface area contributed by atoms with Gasteiger partial charge in [0.25, 0.3) is 5.91 Å². The number of hydrogen-bond acceptors (Lipinski definition) is 5. The van der Waals surface area contributed by atoms with Crippen molar-refractivity contribution < 1.29 is 9.18 Å². The number of carbonyl (C=O) groups is 1. The molecule has 0 spiro atoms. The van der Waals surface area contributed by atoms with Crippen molar-refractivity contribution in [2.24, 2.45) is 10.9 Å². The number of hydrogen-bond donors (Lipinski definition) is 2. The highest BCUT2D eigenvalue weighted by atomic mass is 19.1. The van der Waals surface area contributed by atoms with E-state index in [0.29, 0.717) is 22.9 Å². The molecule has 176 valence electrons. The Morgan fingerprint density at radius 2 is 1.97 bits per heavy atom. The van der Waals surface area contributed by atoms with Gasteiger partial charge in [0.05, 0.1) is 17.1 Å². The van der Waals surface area contributed by atoms with Crippen LogP contribution in [0.3, 0.4) is 0 Å². The van der Waals surface area contributed by atoms with Crippen molar-refractivity contribution in [2.75, 3.05) is 14.1 Å². The van der Waals surface area contributed by atoms with Crippen molar-refractivity contribution in [1.82, 2.24) is 25.3 Å². The number of aromatic nitrogens is 2. The van der Waals surface area contributed by atoms with Crippen molar-refractivity contribution >= 4 is 11.6 Å². The van der Waals surface area contributed by atoms with Crippen LogP contribution in [0.15, 0.2) is 40.8 Å². The molecule has 4 rings (SSSR count). The third kappa shape index (κ3) is 4.65. The smallest absolute Gasteiger partial charge is 0.271 e. The molecule has 1 amide bonds. The maximum Gasteiger partial charge on any atom is 0.271 e. The highest BCUT2D eigenvalue weighted by molar-refractivity contribution is 6.45. The molecular weight excluding hydrogens is 419 g/mol. The summed E-state index contributed by atoms with van der Waals surface area (Å²) in [7, 11) is 3.65. The van der Waals surface area contributed by atoms with Gasteiger partial charge in [-0.3, -0.25) is 9.79 Å². The van der Waals surface area contributed by atoms with Gasteiger partial charge in [-0.2, -0.15) is 5.10 Å². The SMILES string of the molecule is CN=C(C(=O)NCc1cc(F)cc(-n2cc(C)c(C)n2)c1)C1=C(C)NC(C2CCCC2)N1C. The van der Waals surface area contributed by atoms with E-state index in [-0.39, 0.29) is 24.4 Å². The van der Waals surface area contributed by atoms with Gasteiger partial charge in [-0.05, 0) is 68.9 Å². The van der Waals surface area contributed by atoms with Crippen LogP contribution in [-0.4, -0.2) is 46.6 Å². The first-order valence-corrected chi connectivity index (χ1v) is 11.6. The number of benzene rings is 1. The van der Waals surface area contributed by atoms with Gasteiger partial charge >= 0.3 is 0 Å². The van der Waals surface area contributed by atoms with Crippen LogP contribution in [0.4, 0.5) is 4.39 Å². The monoisotopic (exact) mass is 452 g/mol. The van der Waals surface area contributed by atoms with Crippen molar-refractivity contribution in [3.8, 4) is 5.69 Å². The maximum atomic E-state index is 14.3. The van der Waals surface area contributed by atoms with E-state index in [4.69, 9.17) is 0 Å². The van der Waals surface area contributed by atoms with Gasteiger partial charge < -0.3 is 15.5 Å². The zero-order valence-electron chi connectivity index (χ0n) is 20.1. The lowest BCUT2D eigenvalue weighted by molar-refractivity contribution is -0.115. The quantitative estimate of drug-likeness (QED) is 0.657. The number of nitrogens with one attached hydrogen (secondary N) is 2. The van der Waals surface area contributed by atoms with E-state index < -0.39 is 0 Å². The molecule has 8 heteroatoms. The second-order valence-corrected chi connectivity index (χ2v) is 9.13. The molecule has 2 aromatic rings. The summed E-state index contributed by atoms with van der Waals surface area (Å²) in [6, 6.07) is 4.70. The van der Waals surface area contributed by atoms with E-state index in [1.807, 2.05) is 40.1 Å². The molecule has 0 saturated heterocycles. The Labute approximate surface area is 194 Å². The van der Waals surface area contributed by atoms with Crippen LogP contribution in [0.25, 0.3) is 5.69 Å². The molecule has 1 aromatic heterocycles. The second kappa shape index (κ2) is 9.37. The molecule has 1 fully saturated rings. The average Bonchev–Trinajstić information content (AvgIpc) is 3.49. The molecule has 0 radical (unpaired) electrons. The zero-order chi connectivity index (χ0) is 23.7. The molecule has 7 nitrogen and oxygen atoms in total. The summed E-state index contributed by atoms with van der Waals surface area (Å²) < 4.78 is 16.0. The number of aryl methyl sites for hydroxylation is 2. The topological polar surface area (TPSA) is 74.5 Å². The number of rotatable bonds is 6. The third-order valence-corrected chi connectivity index (χ3v) is 6.80. The number of nitrogens with zero attached hydrogens (tertiary/aromatic N) is 4. The standard InChI is InChI=1S/C25H33FN6O/c1-15-14-32(30-16(15)2)21-11-18(10-20(26)12-21)13-28-25(33)22(27-4)23-17(3)29-24(31(23)5)19-8-6-7-9-19/h10-12,14,19,24,29H,6-9,13H2,1-5H3,(H,28,33). The van der Waals surface area contributed by atoms with Gasteiger partial charge in [0.1, 0.15) is 17.7 Å². The molecule has 2 aliphatic rings. The van der Waals surface area contributed by atoms with Crippen LogP contribution in [0.1, 0.15) is 49.4 Å². The lowest BCUT2D eigenvalue weighted by atomic mass is 10.0. The van der Waals surface area contributed by atoms with E-state index in [0.717, 1.165) is 22.7 Å². The molecule has 2 N–H and O–H groups in total. The van der Waals surface area contributed by atoms with E-state index in [1.165, 1.54) is 37.8 Å². The Morgan fingerprint density at radius 1 is 1.24 bits per heavy atom. The van der Waals surface area contributed by atoms with Gasteiger partial charge in [-0.15, -0.1) is 0 Å². The van der Waals surface area contributed by atoms with Gasteiger partial charge in [0.15, 0.2) is 0 Å². The van der Waals surface area contributed by atoms with Crippen LogP contribution < -0.4 is 10.6 Å². The molecule has 0 bridgehead atoms. The Hall–Kier alpha value is -3.16. The molecule has 1 aliphatic carbocycles. The van der Waals surface area contributed by atoms with Gasteiger partial charge in [0.2, 0.25) is 0 Å². The van der Waals surface area contributed by atoms with Crippen LogP contribution in [0, 0.1) is 25.6 Å². The predicted molar refractivity (Wildman–Crippen MR) is 128 cm³/mol. The fourth-order valence-corrected chi connectivity index (χ4v) is 4.97. The van der Waals surface area contributed by atoms with E-state index in [1.54, 1.807) is 11.7 Å². The largest absolute Gasteiger partial charge is 0.367 e. The van der Waals surface area contributed by atoms with Gasteiger partial charge in [0, 0.05) is 32.5 Å². The maximum absolute atomic E-state index is 14.3. The minimum absolute atomic E-state index is 0.192. The summed E-state index contributed by atoms with van der Waals surface area (Å²) >= 11 is 0. The summed E-state index contributed by atoms with van der Waals surface area (Å²) in [5.74, 6) is -0.0716. The molecule has 1 saturated carbocycles. The second-order valence-electron chi connectivity index (χ2n) is 9.13. The fraction of sp³-hybridized carbons (Fsp3) is 0.480. The summed E-state index contributed by atoms with van der Waals surface area (Å²) in [6.45, 7) is 6.07. The van der Waals surface area contributed by atoms with Crippen molar-refractivity contribution in [1.29, 1.82) is 0 Å². The summed E-state index contributed by atoms with van der Waals surface area (Å²) in [6.07, 6.45) is 6.97. The Bertz CT molecular complexity index is 1090. The first kappa shape index (κ1) is 23.0. The molecule has 1 aliphatic heterocycles. The highest BCUT2D eigenvalue weighted by Gasteiger charge is 2.37. The molecule has 33 heavy (non-hydrogen) atoms. The van der Waals surface area contributed by atoms with Crippen LogP contribution in [0.5, 0.6) is 0 Å². The third-order valence-electron chi connectivity index (χ3n) is 6.80. The Balaban J connectivity index is 1.47. The van der Waals surface area contributed by atoms with Crippen LogP contribution in [0.2, 0.25) is 0 Å². The molecule has 1 aromatic carbocycles. The lowest BCUT2D eigenvalue weighted by Gasteiger charge is -2.29. The van der Waals surface area contributed by atoms with Crippen LogP contribution in [-0.2, 0) is 11.3 Å². The van der Waals surface area contributed by atoms with Gasteiger partial charge in [-0.25, -0.2) is 9.07 Å². The minimum atomic E-state index is -0.371. The molecule has 1 unspecified atom stereocenters. The van der Waals surface area contributed by atoms with Crippen molar-refractivity contribution in [2.45, 2.75) is 59.2 Å². The number of carbonyl (C=O) groups excluding carboxylic acids is 1. The van der Waals surface area contributed by atoms with E-state index >= 15 is 0 Å².